The van der Waals surface area contributed by atoms with Gasteiger partial charge in [-0.15, -0.1) is 0 Å². The summed E-state index contributed by atoms with van der Waals surface area (Å²) in [5.41, 5.74) is 2.92. The van der Waals surface area contributed by atoms with Crippen LogP contribution in [-0.4, -0.2) is 131 Å². The molecule has 2 aromatic carbocycles. The van der Waals surface area contributed by atoms with E-state index in [4.69, 9.17) is 29.3 Å². The van der Waals surface area contributed by atoms with Crippen molar-refractivity contribution < 1.29 is 38.8 Å². The van der Waals surface area contributed by atoms with Gasteiger partial charge in [-0.05, 0) is 137 Å². The van der Waals surface area contributed by atoms with E-state index in [1.807, 2.05) is 39.0 Å². The van der Waals surface area contributed by atoms with Gasteiger partial charge in [-0.1, -0.05) is 127 Å². The lowest BCUT2D eigenvalue weighted by Gasteiger charge is -2.36. The highest BCUT2D eigenvalue weighted by Crippen LogP contribution is 2.30. The highest BCUT2D eigenvalue weighted by Gasteiger charge is 2.30. The number of para-hydroxylation sites is 1. The normalized spacial score (nSPS) is 15.8. The molecule has 0 spiro atoms. The van der Waals surface area contributed by atoms with Gasteiger partial charge in [0.05, 0.1) is 39.1 Å². The second-order valence-corrected chi connectivity index (χ2v) is 21.8. The van der Waals surface area contributed by atoms with Gasteiger partial charge in [0, 0.05) is 69.6 Å². The molecule has 0 radical (unpaired) electrons. The molecule has 0 amide bonds. The molecule has 3 aliphatic rings. The van der Waals surface area contributed by atoms with Gasteiger partial charge in [0.1, 0.15) is 0 Å². The molecule has 2 N–H and O–H groups in total. The molecule has 0 aromatic heterocycles. The maximum absolute atomic E-state index is 11.2. The van der Waals surface area contributed by atoms with Crippen molar-refractivity contribution in [2.45, 2.75) is 161 Å². The van der Waals surface area contributed by atoms with Crippen molar-refractivity contribution in [3.05, 3.63) is 65.7 Å². The fourth-order valence-electron chi connectivity index (χ4n) is 8.27. The Kier molecular flexibility index (Phi) is 42.6. The number of methoxy groups -OCH3 is 1. The lowest BCUT2D eigenvalue weighted by molar-refractivity contribution is -0.191. The number of carbonyl (C=O) groups excluding carboxylic acids is 3. The number of carbonyl (C=O) groups is 1. The van der Waals surface area contributed by atoms with Crippen LogP contribution in [0.25, 0.3) is 0 Å². The van der Waals surface area contributed by atoms with Gasteiger partial charge in [0.15, 0.2) is 0 Å². The van der Waals surface area contributed by atoms with Crippen LogP contribution in [-0.2, 0) is 30.2 Å². The number of piperazine rings is 1. The number of hydrogen-bond donors (Lipinski definition) is 2. The third-order valence-corrected chi connectivity index (χ3v) is 14.0. The van der Waals surface area contributed by atoms with Gasteiger partial charge in [0.25, 0.3) is 0 Å². The lowest BCUT2D eigenvalue weighted by Crippen LogP contribution is -2.46. The number of rotatable bonds is 17. The SMILES string of the molecule is CC(C)CC1CCOCC1.CC(C)CCCN1CCN(c2ccccc2)CC1.CC(C)N1CCOCC1.CCC(C)C(C)C.CCC(CO)(CO)C(C)C.COC(=O)c1cccc(CC(C)C)c1.O=C=O. The Bertz CT molecular complexity index is 1530. The highest BCUT2D eigenvalue weighted by atomic mass is 16.5. The van der Waals surface area contributed by atoms with Gasteiger partial charge in [-0.3, -0.25) is 9.80 Å². The van der Waals surface area contributed by atoms with Crippen molar-refractivity contribution in [2.75, 3.05) is 97.5 Å². The summed E-state index contributed by atoms with van der Waals surface area (Å²) >= 11 is 0. The molecule has 0 aliphatic carbocycles. The van der Waals surface area contributed by atoms with Crippen LogP contribution in [0.3, 0.4) is 0 Å². The molecule has 1 atom stereocenters. The molecule has 5 rings (SSSR count). The number of hydrogen-bond acceptors (Lipinski definition) is 11. The van der Waals surface area contributed by atoms with Gasteiger partial charge in [-0.25, -0.2) is 4.79 Å². The average molecular weight is 1000 g/mol. The minimum Gasteiger partial charge on any atom is -0.465 e. The van der Waals surface area contributed by atoms with E-state index < -0.39 is 0 Å². The molecule has 3 aliphatic heterocycles. The number of nitrogens with zero attached hydrogens (tertiary/aromatic N) is 3. The van der Waals surface area contributed by atoms with Crippen molar-refractivity contribution in [2.24, 2.45) is 46.8 Å². The van der Waals surface area contributed by atoms with Crippen LogP contribution >= 0.6 is 0 Å². The van der Waals surface area contributed by atoms with Crippen LogP contribution in [0.5, 0.6) is 0 Å². The molecule has 3 heterocycles. The Morgan fingerprint density at radius 1 is 0.732 bits per heavy atom. The predicted octanol–water partition coefficient (Wildman–Crippen LogP) is 12.2. The minimum absolute atomic E-state index is 0.0810. The first-order chi connectivity index (χ1) is 33.7. The molecular weight excluding hydrogens is 891 g/mol. The molecule has 2 aromatic rings. The summed E-state index contributed by atoms with van der Waals surface area (Å²) in [6.45, 7) is 45.4. The molecule has 3 saturated heterocycles. The summed E-state index contributed by atoms with van der Waals surface area (Å²) in [5, 5.41) is 18.0. The Morgan fingerprint density at radius 3 is 1.66 bits per heavy atom. The Hall–Kier alpha value is -3.15. The van der Waals surface area contributed by atoms with Crippen LogP contribution in [0, 0.1) is 46.8 Å². The van der Waals surface area contributed by atoms with Gasteiger partial charge >= 0.3 is 12.1 Å². The number of benzene rings is 2. The van der Waals surface area contributed by atoms with Crippen molar-refractivity contribution in [3.63, 3.8) is 0 Å². The largest absolute Gasteiger partial charge is 0.465 e. The van der Waals surface area contributed by atoms with E-state index >= 15 is 0 Å². The molecule has 3 fully saturated rings. The monoisotopic (exact) mass is 1000 g/mol. The number of aliphatic hydroxyl groups is 2. The summed E-state index contributed by atoms with van der Waals surface area (Å²) < 4.78 is 15.1. The average Bonchev–Trinajstić information content (AvgIpc) is 3.36. The molecule has 412 valence electrons. The zero-order valence-corrected chi connectivity index (χ0v) is 48.3. The number of morpholine rings is 1. The first kappa shape index (κ1) is 69.9. The van der Waals surface area contributed by atoms with E-state index in [0.29, 0.717) is 23.4 Å². The Balaban J connectivity index is 0. The van der Waals surface area contributed by atoms with E-state index in [1.165, 1.54) is 89.6 Å². The summed E-state index contributed by atoms with van der Waals surface area (Å²) in [4.78, 5) is 35.0. The lowest BCUT2D eigenvalue weighted by atomic mass is 9.76. The molecule has 0 saturated carbocycles. The standard InChI is InChI=1S/C16H26N2.C12H16O2.C9H18O.C8H18O2.C7H15NO.C7H16.CO2/c1-15(2)7-6-10-17-11-13-18(14-12-17)16-8-4-3-5-9-16;1-9(2)7-10-5-4-6-11(8-10)12(13)14-3;1-8(2)7-9-3-5-10-6-4-9;1-4-8(5-9,6-10)7(2)3;1-7(2)8-3-5-9-6-4-8;1-5-7(4)6(2)3;2-1-3/h3-5,8-9,15H,6-7,10-14H2,1-2H3;4-6,8-9H,7H2,1-3H3;8-9H,3-7H2,1-2H3;7,9-10H,4-6H2,1-3H3;7H,3-6H2,1-2H3;6-7H,5H2,1-4H3;. The number of esters is 1. The van der Waals surface area contributed by atoms with Crippen molar-refractivity contribution in [1.29, 1.82) is 0 Å². The predicted molar refractivity (Wildman–Crippen MR) is 297 cm³/mol. The first-order valence-corrected chi connectivity index (χ1v) is 27.5. The Morgan fingerprint density at radius 2 is 1.28 bits per heavy atom. The number of aliphatic hydroxyl groups excluding tert-OH is 2. The second-order valence-electron chi connectivity index (χ2n) is 21.8. The smallest absolute Gasteiger partial charge is 0.373 e. The van der Waals surface area contributed by atoms with E-state index in [9.17, 15) is 4.79 Å². The fraction of sp³-hybridized carbons (Fsp3) is 0.767. The maximum atomic E-state index is 11.2. The van der Waals surface area contributed by atoms with Crippen molar-refractivity contribution in [1.82, 2.24) is 9.80 Å². The summed E-state index contributed by atoms with van der Waals surface area (Å²) in [6, 6.07) is 19.1. The van der Waals surface area contributed by atoms with E-state index in [2.05, 4.69) is 133 Å². The highest BCUT2D eigenvalue weighted by molar-refractivity contribution is 5.89. The molecular formula is C60H109N3O8. The van der Waals surface area contributed by atoms with E-state index in [1.54, 1.807) is 6.07 Å². The van der Waals surface area contributed by atoms with Crippen LogP contribution in [0.4, 0.5) is 5.69 Å². The van der Waals surface area contributed by atoms with Gasteiger partial charge in [0.2, 0.25) is 0 Å². The van der Waals surface area contributed by atoms with Crippen LogP contribution in [0.1, 0.15) is 165 Å². The van der Waals surface area contributed by atoms with Crippen LogP contribution < -0.4 is 4.90 Å². The van der Waals surface area contributed by atoms with Gasteiger partial charge < -0.3 is 29.3 Å². The Labute approximate surface area is 436 Å². The van der Waals surface area contributed by atoms with Crippen LogP contribution in [0.2, 0.25) is 0 Å². The molecule has 71 heavy (non-hydrogen) atoms. The molecule has 11 nitrogen and oxygen atoms in total. The summed E-state index contributed by atoms with van der Waals surface area (Å²) in [5.74, 6) is 5.10. The molecule has 11 heteroatoms. The molecule has 0 bridgehead atoms. The van der Waals surface area contributed by atoms with Crippen molar-refractivity contribution in [3.8, 4) is 0 Å². The van der Waals surface area contributed by atoms with E-state index in [0.717, 1.165) is 81.9 Å². The fourth-order valence-corrected chi connectivity index (χ4v) is 8.27. The number of ether oxygens (including phenoxy) is 3. The topological polar surface area (TPSA) is 129 Å². The van der Waals surface area contributed by atoms with Crippen LogP contribution in [0.15, 0.2) is 54.6 Å². The quantitative estimate of drug-likeness (QED) is 0.147. The molecule has 1 unspecified atom stereocenters. The number of anilines is 1. The maximum Gasteiger partial charge on any atom is 0.373 e. The van der Waals surface area contributed by atoms with Crippen molar-refractivity contribution >= 4 is 17.8 Å². The first-order valence-electron chi connectivity index (χ1n) is 27.5. The summed E-state index contributed by atoms with van der Waals surface area (Å²) in [7, 11) is 1.40. The zero-order valence-electron chi connectivity index (χ0n) is 48.3. The third kappa shape index (κ3) is 34.8. The minimum atomic E-state index is -0.268. The van der Waals surface area contributed by atoms with Gasteiger partial charge in [-0.2, -0.15) is 9.59 Å². The summed E-state index contributed by atoms with van der Waals surface area (Å²) in [6.07, 6.45) is 10.1. The zero-order chi connectivity index (χ0) is 54.2. The second kappa shape index (κ2) is 43.3. The van der Waals surface area contributed by atoms with E-state index in [-0.39, 0.29) is 30.7 Å². The third-order valence-electron chi connectivity index (χ3n) is 14.0.